The maximum Gasteiger partial charge on any atom is 0.277 e. The van der Waals surface area contributed by atoms with Crippen molar-refractivity contribution in [3.05, 3.63) is 105 Å². The van der Waals surface area contributed by atoms with E-state index < -0.39 is 46.2 Å². The fraction of sp³-hybridized carbons (Fsp3) is 0.481. The number of aromatic nitrogens is 1. The molecule has 2 fully saturated rings. The summed E-state index contributed by atoms with van der Waals surface area (Å²) in [6, 6.07) is 19.5. The Kier molecular flexibility index (Phi) is 17.2. The molecule has 0 spiro atoms. The molecule has 4 atom stereocenters. The minimum Gasteiger partial charge on any atom is -0.489 e. The Morgan fingerprint density at radius 1 is 1.01 bits per heavy atom. The van der Waals surface area contributed by atoms with E-state index in [0.29, 0.717) is 41.3 Å². The second-order valence-corrected chi connectivity index (χ2v) is 21.6. The quantitative estimate of drug-likeness (QED) is 0.0527. The largest absolute Gasteiger partial charge is 0.489 e. The molecule has 3 aromatic carbocycles. The third-order valence-corrected chi connectivity index (χ3v) is 14.5. The number of hydrogen-bond donors (Lipinski definition) is 3. The van der Waals surface area contributed by atoms with Gasteiger partial charge in [0.1, 0.15) is 36.6 Å². The number of likely N-dealkylation sites (tertiary alicyclic amines) is 1. The van der Waals surface area contributed by atoms with E-state index >= 15 is 0 Å². The van der Waals surface area contributed by atoms with Crippen LogP contribution < -0.4 is 15.4 Å². The van der Waals surface area contributed by atoms with Crippen LogP contribution in [0.5, 0.6) is 5.75 Å². The monoisotopic (exact) mass is 992 g/mol. The first-order valence-electron chi connectivity index (χ1n) is 23.6. The van der Waals surface area contributed by atoms with Gasteiger partial charge < -0.3 is 30.1 Å². The van der Waals surface area contributed by atoms with Gasteiger partial charge in [0.25, 0.3) is 5.91 Å². The van der Waals surface area contributed by atoms with E-state index in [1.165, 1.54) is 17.1 Å². The van der Waals surface area contributed by atoms with Crippen molar-refractivity contribution in [3.63, 3.8) is 0 Å². The lowest BCUT2D eigenvalue weighted by atomic mass is 9.49. The molecule has 4 amide bonds. The number of halogens is 1. The first-order valence-corrected chi connectivity index (χ1v) is 24.8. The van der Waals surface area contributed by atoms with E-state index in [2.05, 4.69) is 33.5 Å². The summed E-state index contributed by atoms with van der Waals surface area (Å²) in [4.78, 5) is 67.2. The molecule has 6 rings (SSSR count). The van der Waals surface area contributed by atoms with Crippen molar-refractivity contribution in [1.29, 1.82) is 5.26 Å². The van der Waals surface area contributed by atoms with Crippen LogP contribution in [0.4, 0.5) is 0 Å². The summed E-state index contributed by atoms with van der Waals surface area (Å²) >= 11 is 7.84. The van der Waals surface area contributed by atoms with Crippen LogP contribution in [0.25, 0.3) is 10.4 Å². The molecule has 372 valence electrons. The van der Waals surface area contributed by atoms with E-state index in [9.17, 15) is 29.5 Å². The molecule has 2 aliphatic rings. The molecule has 3 N–H and O–H groups in total. The molecule has 1 unspecified atom stereocenters. The molecule has 4 aromatic rings. The first-order chi connectivity index (χ1) is 33.1. The number of unbranched alkanes of at least 4 members (excludes halogenated alkanes) is 2. The van der Waals surface area contributed by atoms with Crippen LogP contribution in [0.3, 0.4) is 0 Å². The van der Waals surface area contributed by atoms with Crippen LogP contribution >= 0.6 is 22.9 Å². The zero-order valence-corrected chi connectivity index (χ0v) is 43.3. The Labute approximate surface area is 421 Å². The van der Waals surface area contributed by atoms with Gasteiger partial charge in [-0.1, -0.05) is 96.2 Å². The molecule has 0 bridgehead atoms. The standard InChI is InChI=1S/C54H65ClN6O8S/c1-33(36-20-22-37(23-21-36)45-34(2)57-32-70-45)58-47(64)43-27-40(62)30-60(43)49(66)46(52(3,4)5)59-44(63)31-68-26-14-12-11-13-15-35-16-18-38(19-17-35)48(65)61(67-10)50-53(6,7)51(54(50,8)9)69-41-25-24-39(29-56)42(55)28-41/h16-25,28,32-33,40,43,46,50-51,62H,11-12,14,26-27,30-31H2,1-10H3,(H,58,64)(H,59,63)/t33-,40+,43?,46+,50-,51-/m0/s1. The fourth-order valence-corrected chi connectivity index (χ4v) is 10.9. The lowest BCUT2D eigenvalue weighted by Gasteiger charge is -2.64. The van der Waals surface area contributed by atoms with Gasteiger partial charge >= 0.3 is 0 Å². The van der Waals surface area contributed by atoms with Gasteiger partial charge in [0, 0.05) is 54.0 Å². The highest BCUT2D eigenvalue weighted by Gasteiger charge is 2.67. The number of ether oxygens (including phenoxy) is 2. The van der Waals surface area contributed by atoms with Gasteiger partial charge in [-0.3, -0.25) is 24.0 Å². The molecule has 70 heavy (non-hydrogen) atoms. The van der Waals surface area contributed by atoms with Crippen LogP contribution in [0.15, 0.2) is 72.2 Å². The van der Waals surface area contributed by atoms with Gasteiger partial charge in [-0.2, -0.15) is 5.26 Å². The number of hydroxylamine groups is 2. The van der Waals surface area contributed by atoms with E-state index in [1.807, 2.05) is 92.1 Å². The molecule has 16 heteroatoms. The van der Waals surface area contributed by atoms with Crippen molar-refractivity contribution in [2.45, 2.75) is 124 Å². The van der Waals surface area contributed by atoms with Gasteiger partial charge in [0.05, 0.1) is 52.0 Å². The fourth-order valence-electron chi connectivity index (χ4n) is 9.91. The van der Waals surface area contributed by atoms with Gasteiger partial charge in [-0.05, 0) is 79.6 Å². The molecule has 14 nitrogen and oxygen atoms in total. The van der Waals surface area contributed by atoms with Crippen molar-refractivity contribution in [1.82, 2.24) is 25.6 Å². The number of hydrogen-bond acceptors (Lipinski definition) is 11. The summed E-state index contributed by atoms with van der Waals surface area (Å²) in [5.41, 5.74) is 4.57. The average molecular weight is 994 g/mol. The predicted molar refractivity (Wildman–Crippen MR) is 269 cm³/mol. The van der Waals surface area contributed by atoms with Crippen LogP contribution in [0, 0.1) is 46.3 Å². The van der Waals surface area contributed by atoms with Crippen molar-refractivity contribution >= 4 is 46.6 Å². The Hall–Kier alpha value is -5.81. The number of nitrogens with one attached hydrogen (secondary N) is 2. The molecule has 1 saturated heterocycles. The number of carbonyl (C=O) groups is 4. The number of β-amino-alcohol motifs (C(OH)–C–C–N with tert-alkyl or cyclic N) is 1. The second-order valence-electron chi connectivity index (χ2n) is 20.4. The maximum absolute atomic E-state index is 14.1. The number of aliphatic hydroxyl groups is 1. The highest BCUT2D eigenvalue weighted by atomic mass is 35.5. The van der Waals surface area contributed by atoms with Crippen molar-refractivity contribution in [2.24, 2.45) is 16.2 Å². The molecular weight excluding hydrogens is 928 g/mol. The number of thiazole rings is 1. The van der Waals surface area contributed by atoms with Crippen LogP contribution in [-0.4, -0.2) is 101 Å². The van der Waals surface area contributed by atoms with Crippen molar-refractivity contribution in [2.75, 3.05) is 26.9 Å². The highest BCUT2D eigenvalue weighted by molar-refractivity contribution is 7.13. The zero-order valence-electron chi connectivity index (χ0n) is 41.7. The average Bonchev–Trinajstić information content (AvgIpc) is 3.94. The number of amides is 4. The summed E-state index contributed by atoms with van der Waals surface area (Å²) in [6.45, 7) is 17.5. The second kappa shape index (κ2) is 22.5. The van der Waals surface area contributed by atoms with Crippen LogP contribution in [0.2, 0.25) is 5.02 Å². The molecule has 1 saturated carbocycles. The van der Waals surface area contributed by atoms with Gasteiger partial charge in [-0.15, -0.1) is 11.3 Å². The van der Waals surface area contributed by atoms with Gasteiger partial charge in [0.2, 0.25) is 17.7 Å². The van der Waals surface area contributed by atoms with E-state index in [4.69, 9.17) is 25.9 Å². The highest BCUT2D eigenvalue weighted by Crippen LogP contribution is 2.58. The van der Waals surface area contributed by atoms with E-state index in [0.717, 1.165) is 33.7 Å². The molecule has 2 heterocycles. The Balaban J connectivity index is 0.932. The first kappa shape index (κ1) is 53.5. The number of rotatable bonds is 17. The topological polar surface area (TPSA) is 183 Å². The molecule has 1 aliphatic carbocycles. The normalized spacial score (nSPS) is 19.9. The lowest BCUT2D eigenvalue weighted by molar-refractivity contribution is -0.273. The number of carbonyl (C=O) groups excluding carboxylic acids is 4. The number of nitriles is 1. The predicted octanol–water partition coefficient (Wildman–Crippen LogP) is 8.44. The summed E-state index contributed by atoms with van der Waals surface area (Å²) in [5.74, 6) is 5.30. The summed E-state index contributed by atoms with van der Waals surface area (Å²) < 4.78 is 12.1. The third-order valence-electron chi connectivity index (χ3n) is 13.2. The maximum atomic E-state index is 14.1. The molecular formula is C54H65ClN6O8S. The number of nitrogens with zero attached hydrogens (tertiary/aromatic N) is 4. The van der Waals surface area contributed by atoms with Crippen molar-refractivity contribution < 1.29 is 38.6 Å². The molecule has 1 aliphatic heterocycles. The number of benzene rings is 3. The minimum atomic E-state index is -0.969. The molecule has 0 radical (unpaired) electrons. The van der Waals surface area contributed by atoms with Gasteiger partial charge in [-0.25, -0.2) is 10.0 Å². The van der Waals surface area contributed by atoms with Gasteiger partial charge in [0.15, 0.2) is 0 Å². The van der Waals surface area contributed by atoms with Crippen molar-refractivity contribution in [3.8, 4) is 34.1 Å². The summed E-state index contributed by atoms with van der Waals surface area (Å²) in [5, 5.41) is 27.5. The summed E-state index contributed by atoms with van der Waals surface area (Å²) in [6.07, 6.45) is 0.888. The van der Waals surface area contributed by atoms with Crippen LogP contribution in [-0.2, 0) is 24.0 Å². The number of aliphatic hydroxyl groups excluding tert-OH is 1. The number of aryl methyl sites for hydroxylation is 1. The Bertz CT molecular complexity index is 2610. The molecule has 1 aromatic heterocycles. The zero-order chi connectivity index (χ0) is 51.1. The Morgan fingerprint density at radius 3 is 2.30 bits per heavy atom. The smallest absolute Gasteiger partial charge is 0.277 e. The van der Waals surface area contributed by atoms with E-state index in [1.54, 1.807) is 53.8 Å². The van der Waals surface area contributed by atoms with E-state index in [-0.39, 0.29) is 49.6 Å². The SMILES string of the molecule is CON(C(=O)c1ccc(C#CCCCCOCC(=O)N[C@H](C(=O)N2C[C@H](O)CC2C(=O)N[C@@H](C)c2ccc(-c3scnc3C)cc2)C(C)(C)C)cc1)[C@H]1C(C)(C)[C@H](Oc2ccc(C#N)c(Cl)c2)C1(C)C. The van der Waals surface area contributed by atoms with Crippen LogP contribution in [0.1, 0.15) is 120 Å². The lowest BCUT2D eigenvalue weighted by Crippen LogP contribution is -2.75. The minimum absolute atomic E-state index is 0.0237. The third kappa shape index (κ3) is 12.2. The Morgan fingerprint density at radius 2 is 1.70 bits per heavy atom. The summed E-state index contributed by atoms with van der Waals surface area (Å²) in [7, 11) is 1.49.